The first kappa shape index (κ1) is 23.2. The summed E-state index contributed by atoms with van der Waals surface area (Å²) in [5.74, 6) is 2.03. The molecule has 1 aliphatic carbocycles. The lowest BCUT2D eigenvalue weighted by Crippen LogP contribution is -2.31. The Balaban J connectivity index is 1.24. The number of hydrogen-bond acceptors (Lipinski definition) is 5. The second-order valence-electron chi connectivity index (χ2n) is 11.2. The van der Waals surface area contributed by atoms with E-state index in [1.54, 1.807) is 4.57 Å². The van der Waals surface area contributed by atoms with Crippen LogP contribution in [-0.2, 0) is 33.1 Å². The quantitative estimate of drug-likeness (QED) is 0.517. The molecule has 8 heteroatoms. The summed E-state index contributed by atoms with van der Waals surface area (Å²) in [4.78, 5) is 17.6. The van der Waals surface area contributed by atoms with E-state index in [1.165, 1.54) is 35.4 Å². The van der Waals surface area contributed by atoms with Crippen LogP contribution in [0, 0.1) is 5.92 Å². The summed E-state index contributed by atoms with van der Waals surface area (Å²) in [6.45, 7) is 7.81. The minimum atomic E-state index is -0.0281. The van der Waals surface area contributed by atoms with Crippen molar-refractivity contribution in [2.75, 3.05) is 24.2 Å². The second-order valence-corrected chi connectivity index (χ2v) is 11.2. The number of fused-ring (bicyclic) bond motifs is 2. The Kier molecular flexibility index (Phi) is 5.59. The fourth-order valence-corrected chi connectivity index (χ4v) is 6.01. The highest BCUT2D eigenvalue weighted by Gasteiger charge is 2.32. The molecule has 190 valence electrons. The third-order valence-electron chi connectivity index (χ3n) is 7.98. The van der Waals surface area contributed by atoms with Gasteiger partial charge in [0.15, 0.2) is 0 Å². The van der Waals surface area contributed by atoms with Crippen LogP contribution in [0.1, 0.15) is 72.4 Å². The molecule has 1 saturated carbocycles. The van der Waals surface area contributed by atoms with Gasteiger partial charge in [-0.05, 0) is 48.4 Å². The first-order valence-corrected chi connectivity index (χ1v) is 13.2. The van der Waals surface area contributed by atoms with Crippen LogP contribution in [0.3, 0.4) is 0 Å². The predicted octanol–water partition coefficient (Wildman–Crippen LogP) is 3.79. The van der Waals surface area contributed by atoms with Crippen molar-refractivity contribution in [1.29, 1.82) is 0 Å². The Morgan fingerprint density at radius 2 is 2.03 bits per heavy atom. The lowest BCUT2D eigenvalue weighted by atomic mass is 9.97. The first-order chi connectivity index (χ1) is 17.3. The number of anilines is 2. The highest BCUT2D eigenvalue weighted by atomic mass is 16.1. The summed E-state index contributed by atoms with van der Waals surface area (Å²) >= 11 is 0. The molecule has 1 atom stereocenters. The van der Waals surface area contributed by atoms with E-state index in [-0.39, 0.29) is 11.7 Å². The maximum absolute atomic E-state index is 13.0. The summed E-state index contributed by atoms with van der Waals surface area (Å²) in [6.07, 6.45) is 7.91. The zero-order valence-corrected chi connectivity index (χ0v) is 21.8. The molecule has 8 nitrogen and oxygen atoms in total. The standard InChI is InChI=1S/C28H37N7O/c1-17(2)14-35-25-10-9-24(32(3)27(25)33(4)28(35)36)21-13-18(5-8-22(21)29)15-34-12-11-20-23(16-34)30-31-26(20)19-6-7-19/h5,8-10,13,17,19,24H,6-7,11-12,14-16,29H2,1-4H3,(H,30,31). The second kappa shape index (κ2) is 8.69. The number of aromatic nitrogens is 4. The van der Waals surface area contributed by atoms with Crippen LogP contribution in [0.4, 0.5) is 11.5 Å². The fraction of sp³-hybridized carbons (Fsp3) is 0.500. The Morgan fingerprint density at radius 3 is 2.78 bits per heavy atom. The number of nitrogen functional groups attached to an aromatic ring is 1. The highest BCUT2D eigenvalue weighted by molar-refractivity contribution is 5.70. The molecule has 0 spiro atoms. The molecule has 0 radical (unpaired) electrons. The van der Waals surface area contributed by atoms with Crippen molar-refractivity contribution in [3.8, 4) is 0 Å². The van der Waals surface area contributed by atoms with Gasteiger partial charge in [-0.3, -0.25) is 19.1 Å². The monoisotopic (exact) mass is 487 g/mol. The van der Waals surface area contributed by atoms with Gasteiger partial charge in [-0.15, -0.1) is 0 Å². The molecule has 1 fully saturated rings. The van der Waals surface area contributed by atoms with Crippen molar-refractivity contribution in [3.63, 3.8) is 0 Å². The number of nitrogens with two attached hydrogens (primary N) is 1. The number of H-pyrrole nitrogens is 1. The van der Waals surface area contributed by atoms with Gasteiger partial charge in [0, 0.05) is 57.4 Å². The molecule has 0 saturated heterocycles. The predicted molar refractivity (Wildman–Crippen MR) is 144 cm³/mol. The van der Waals surface area contributed by atoms with Crippen molar-refractivity contribution in [2.24, 2.45) is 13.0 Å². The number of nitrogens with zero attached hydrogens (tertiary/aromatic N) is 5. The van der Waals surface area contributed by atoms with E-state index in [0.29, 0.717) is 18.4 Å². The van der Waals surface area contributed by atoms with Gasteiger partial charge in [0.2, 0.25) is 0 Å². The lowest BCUT2D eigenvalue weighted by molar-refractivity contribution is 0.242. The molecule has 36 heavy (non-hydrogen) atoms. The Bertz CT molecular complexity index is 1390. The van der Waals surface area contributed by atoms with E-state index in [4.69, 9.17) is 5.73 Å². The van der Waals surface area contributed by atoms with Crippen LogP contribution in [0.2, 0.25) is 0 Å². The van der Waals surface area contributed by atoms with Gasteiger partial charge < -0.3 is 10.6 Å². The number of nitrogens with one attached hydrogen (secondary N) is 1. The number of imidazole rings is 1. The summed E-state index contributed by atoms with van der Waals surface area (Å²) < 4.78 is 3.65. The van der Waals surface area contributed by atoms with Crippen LogP contribution < -0.4 is 16.3 Å². The van der Waals surface area contributed by atoms with Crippen LogP contribution in [0.15, 0.2) is 29.1 Å². The van der Waals surface area contributed by atoms with Gasteiger partial charge in [-0.25, -0.2) is 4.79 Å². The van der Waals surface area contributed by atoms with Crippen molar-refractivity contribution >= 4 is 17.6 Å². The molecule has 4 heterocycles. The van der Waals surface area contributed by atoms with E-state index in [2.05, 4.69) is 65.2 Å². The zero-order chi connectivity index (χ0) is 25.1. The molecule has 2 aliphatic heterocycles. The van der Waals surface area contributed by atoms with Crippen LogP contribution in [0.5, 0.6) is 0 Å². The molecule has 3 N–H and O–H groups in total. The molecular formula is C28H37N7O. The van der Waals surface area contributed by atoms with E-state index in [9.17, 15) is 4.79 Å². The van der Waals surface area contributed by atoms with Crippen LogP contribution in [0.25, 0.3) is 6.08 Å². The van der Waals surface area contributed by atoms with E-state index in [0.717, 1.165) is 48.8 Å². The Morgan fingerprint density at radius 1 is 1.22 bits per heavy atom. The lowest BCUT2D eigenvalue weighted by Gasteiger charge is -2.33. The molecule has 1 aromatic carbocycles. The highest BCUT2D eigenvalue weighted by Crippen LogP contribution is 2.42. The number of hydrogen-bond donors (Lipinski definition) is 2. The van der Waals surface area contributed by atoms with Gasteiger partial charge in [0.05, 0.1) is 23.1 Å². The maximum atomic E-state index is 13.0. The van der Waals surface area contributed by atoms with Crippen LogP contribution >= 0.6 is 0 Å². The minimum absolute atomic E-state index is 0.0281. The van der Waals surface area contributed by atoms with E-state index in [1.807, 2.05) is 17.7 Å². The molecule has 0 amide bonds. The third-order valence-corrected chi connectivity index (χ3v) is 7.98. The normalized spacial score (nSPS) is 19.7. The molecule has 3 aromatic rings. The smallest absolute Gasteiger partial charge is 0.330 e. The number of likely N-dealkylation sites (N-methyl/N-ethyl adjacent to an activating group) is 1. The summed E-state index contributed by atoms with van der Waals surface area (Å²) in [5.41, 5.74) is 14.7. The van der Waals surface area contributed by atoms with Gasteiger partial charge >= 0.3 is 5.69 Å². The molecular weight excluding hydrogens is 450 g/mol. The SMILES string of the molecule is CC(C)Cn1c2c(n(C)c1=O)N(C)C(c1cc(CN3CCc4c(C5CC5)n[nH]c4C3)ccc1N)C=C2. The average molecular weight is 488 g/mol. The van der Waals surface area contributed by atoms with Gasteiger partial charge in [-0.1, -0.05) is 32.1 Å². The molecule has 1 unspecified atom stereocenters. The van der Waals surface area contributed by atoms with Gasteiger partial charge in [-0.2, -0.15) is 5.10 Å². The molecule has 0 bridgehead atoms. The van der Waals surface area contributed by atoms with E-state index < -0.39 is 0 Å². The maximum Gasteiger partial charge on any atom is 0.330 e. The van der Waals surface area contributed by atoms with Crippen molar-refractivity contribution < 1.29 is 0 Å². The fourth-order valence-electron chi connectivity index (χ4n) is 6.01. The van der Waals surface area contributed by atoms with E-state index >= 15 is 0 Å². The van der Waals surface area contributed by atoms with Crippen molar-refractivity contribution in [3.05, 3.63) is 68.5 Å². The van der Waals surface area contributed by atoms with Gasteiger partial charge in [0.25, 0.3) is 0 Å². The first-order valence-electron chi connectivity index (χ1n) is 13.2. The average Bonchev–Trinajstić information content (AvgIpc) is 3.56. The molecule has 2 aromatic heterocycles. The third kappa shape index (κ3) is 3.88. The number of rotatable bonds is 6. The van der Waals surface area contributed by atoms with Crippen molar-refractivity contribution in [1.82, 2.24) is 24.2 Å². The summed E-state index contributed by atoms with van der Waals surface area (Å²) in [5, 5.41) is 7.96. The zero-order valence-electron chi connectivity index (χ0n) is 21.8. The largest absolute Gasteiger partial charge is 0.398 e. The Hall–Kier alpha value is -3.26. The number of benzene rings is 1. The number of aromatic amines is 1. The van der Waals surface area contributed by atoms with Crippen molar-refractivity contribution in [2.45, 2.75) is 64.7 Å². The topological polar surface area (TPSA) is 88.1 Å². The van der Waals surface area contributed by atoms with Gasteiger partial charge in [0.1, 0.15) is 5.82 Å². The summed E-state index contributed by atoms with van der Waals surface area (Å²) in [6, 6.07) is 6.39. The molecule has 3 aliphatic rings. The molecule has 6 rings (SSSR count). The minimum Gasteiger partial charge on any atom is -0.398 e. The summed E-state index contributed by atoms with van der Waals surface area (Å²) in [7, 11) is 3.92. The van der Waals surface area contributed by atoms with Crippen LogP contribution in [-0.4, -0.2) is 37.8 Å². The Labute approximate surface area is 212 Å².